The molecule has 6 heteroatoms. The average Bonchev–Trinajstić information content (AvgIpc) is 2.22. The van der Waals surface area contributed by atoms with Gasteiger partial charge >= 0.3 is 0 Å². The maximum absolute atomic E-state index is 13.1. The number of nitrogens with zero attached hydrogens (tertiary/aromatic N) is 2. The van der Waals surface area contributed by atoms with E-state index in [0.29, 0.717) is 11.4 Å². The number of aromatic nitrogens is 2. The third-order valence-corrected chi connectivity index (χ3v) is 2.47. The van der Waals surface area contributed by atoms with Gasteiger partial charge in [-0.05, 0) is 25.1 Å². The normalized spacial score (nSPS) is 10.6. The summed E-state index contributed by atoms with van der Waals surface area (Å²) in [6, 6.07) is 3.48. The van der Waals surface area contributed by atoms with Crippen LogP contribution in [0.4, 0.5) is 14.7 Å². The molecule has 0 unspecified atom stereocenters. The fourth-order valence-electron chi connectivity index (χ4n) is 1.45. The first-order chi connectivity index (χ1) is 7.97. The van der Waals surface area contributed by atoms with E-state index in [4.69, 9.17) is 17.3 Å². The molecule has 88 valence electrons. The molecule has 0 aliphatic rings. The van der Waals surface area contributed by atoms with Crippen LogP contribution in [-0.4, -0.2) is 9.97 Å². The number of hydrogen-bond acceptors (Lipinski definition) is 3. The Bertz CT molecular complexity index is 567. The van der Waals surface area contributed by atoms with Gasteiger partial charge in [-0.1, -0.05) is 11.6 Å². The van der Waals surface area contributed by atoms with Crippen LogP contribution in [0, 0.1) is 18.6 Å². The van der Waals surface area contributed by atoms with Crippen LogP contribution in [0.5, 0.6) is 0 Å². The molecule has 0 saturated heterocycles. The van der Waals surface area contributed by atoms with Gasteiger partial charge in [0.2, 0.25) is 5.95 Å². The van der Waals surface area contributed by atoms with E-state index in [2.05, 4.69) is 9.97 Å². The lowest BCUT2D eigenvalue weighted by Gasteiger charge is -2.06. The summed E-state index contributed by atoms with van der Waals surface area (Å²) < 4.78 is 26.1. The van der Waals surface area contributed by atoms with Crippen LogP contribution >= 0.6 is 11.6 Å². The molecule has 2 rings (SSSR count). The van der Waals surface area contributed by atoms with Crippen LogP contribution < -0.4 is 5.73 Å². The number of nitrogens with two attached hydrogens (primary N) is 1. The molecule has 0 amide bonds. The number of halogens is 3. The molecule has 1 aromatic carbocycles. The molecule has 2 aromatic rings. The zero-order chi connectivity index (χ0) is 12.6. The minimum Gasteiger partial charge on any atom is -0.368 e. The third-order valence-electron chi connectivity index (χ3n) is 2.16. The van der Waals surface area contributed by atoms with Crippen molar-refractivity contribution in [1.82, 2.24) is 9.97 Å². The van der Waals surface area contributed by atoms with Crippen LogP contribution in [-0.2, 0) is 0 Å². The van der Waals surface area contributed by atoms with Gasteiger partial charge in [0.05, 0.1) is 10.7 Å². The topological polar surface area (TPSA) is 51.8 Å². The lowest BCUT2D eigenvalue weighted by molar-refractivity contribution is 0.509. The molecule has 3 nitrogen and oxygen atoms in total. The molecule has 0 saturated carbocycles. The summed E-state index contributed by atoms with van der Waals surface area (Å²) in [5, 5.41) is 0.0707. The first-order valence-electron chi connectivity index (χ1n) is 4.73. The molecule has 0 fully saturated rings. The van der Waals surface area contributed by atoms with Crippen molar-refractivity contribution < 1.29 is 8.78 Å². The van der Waals surface area contributed by atoms with E-state index < -0.39 is 11.6 Å². The average molecular weight is 256 g/mol. The Morgan fingerprint density at radius 1 is 1.12 bits per heavy atom. The Morgan fingerprint density at radius 3 is 2.41 bits per heavy atom. The number of anilines is 1. The van der Waals surface area contributed by atoms with Gasteiger partial charge in [-0.15, -0.1) is 0 Å². The lowest BCUT2D eigenvalue weighted by atomic mass is 10.1. The molecule has 1 heterocycles. The van der Waals surface area contributed by atoms with Crippen molar-refractivity contribution in [2.75, 3.05) is 5.73 Å². The van der Waals surface area contributed by atoms with Crippen LogP contribution in [0.1, 0.15) is 5.69 Å². The van der Waals surface area contributed by atoms with Gasteiger partial charge in [0.15, 0.2) is 11.6 Å². The summed E-state index contributed by atoms with van der Waals surface area (Å²) in [6.07, 6.45) is 0. The smallest absolute Gasteiger partial charge is 0.220 e. The van der Waals surface area contributed by atoms with Crippen LogP contribution in [0.2, 0.25) is 5.02 Å². The van der Waals surface area contributed by atoms with E-state index in [9.17, 15) is 8.78 Å². The van der Waals surface area contributed by atoms with Crippen molar-refractivity contribution in [3.8, 4) is 11.3 Å². The highest BCUT2D eigenvalue weighted by Crippen LogP contribution is 2.29. The van der Waals surface area contributed by atoms with Gasteiger partial charge in [0.25, 0.3) is 0 Å². The molecule has 0 aliphatic carbocycles. The highest BCUT2D eigenvalue weighted by atomic mass is 35.5. The number of aryl methyl sites for hydroxylation is 1. The maximum Gasteiger partial charge on any atom is 0.220 e. The summed E-state index contributed by atoms with van der Waals surface area (Å²) in [6.45, 7) is 1.72. The minimum atomic E-state index is -1.00. The van der Waals surface area contributed by atoms with Crippen LogP contribution in [0.15, 0.2) is 18.2 Å². The molecule has 0 aliphatic heterocycles. The number of rotatable bonds is 1. The van der Waals surface area contributed by atoms with Gasteiger partial charge in [-0.25, -0.2) is 18.7 Å². The van der Waals surface area contributed by atoms with E-state index in [1.165, 1.54) is 0 Å². The van der Waals surface area contributed by atoms with Crippen LogP contribution in [0.3, 0.4) is 0 Å². The number of nitrogen functional groups attached to an aromatic ring is 1. The van der Waals surface area contributed by atoms with Crippen molar-refractivity contribution in [2.45, 2.75) is 6.92 Å². The largest absolute Gasteiger partial charge is 0.368 e. The fourth-order valence-corrected chi connectivity index (χ4v) is 1.70. The van der Waals surface area contributed by atoms with Crippen LogP contribution in [0.25, 0.3) is 11.3 Å². The standard InChI is InChI=1S/C11H8ClF2N3/c1-5-2-10(17-11(15)16-5)6-3-8(13)9(14)4-7(6)12/h2-4H,1H3,(H2,15,16,17). The molecule has 1 aromatic heterocycles. The molecular weight excluding hydrogens is 248 g/mol. The predicted molar refractivity (Wildman–Crippen MR) is 61.5 cm³/mol. The van der Waals surface area contributed by atoms with Gasteiger partial charge in [0.1, 0.15) is 0 Å². The highest BCUT2D eigenvalue weighted by molar-refractivity contribution is 6.33. The molecule has 0 spiro atoms. The zero-order valence-electron chi connectivity index (χ0n) is 8.84. The number of benzene rings is 1. The van der Waals surface area contributed by atoms with Crippen molar-refractivity contribution >= 4 is 17.5 Å². The Balaban J connectivity index is 2.64. The molecule has 0 bridgehead atoms. The molecule has 2 N–H and O–H groups in total. The lowest BCUT2D eigenvalue weighted by Crippen LogP contribution is -1.99. The van der Waals surface area contributed by atoms with E-state index in [-0.39, 0.29) is 16.5 Å². The second-order valence-corrected chi connectivity index (χ2v) is 3.91. The number of hydrogen-bond donors (Lipinski definition) is 1. The first-order valence-corrected chi connectivity index (χ1v) is 5.11. The van der Waals surface area contributed by atoms with Crippen molar-refractivity contribution in [1.29, 1.82) is 0 Å². The summed E-state index contributed by atoms with van der Waals surface area (Å²) in [5.41, 5.74) is 6.74. The van der Waals surface area contributed by atoms with Crippen molar-refractivity contribution in [3.63, 3.8) is 0 Å². The van der Waals surface area contributed by atoms with Crippen molar-refractivity contribution in [2.24, 2.45) is 0 Å². The van der Waals surface area contributed by atoms with Gasteiger partial charge < -0.3 is 5.73 Å². The summed E-state index contributed by atoms with van der Waals surface area (Å²) in [4.78, 5) is 7.81. The third kappa shape index (κ3) is 2.34. The van der Waals surface area contributed by atoms with Gasteiger partial charge in [-0.2, -0.15) is 0 Å². The van der Waals surface area contributed by atoms with Gasteiger partial charge in [-0.3, -0.25) is 0 Å². The summed E-state index contributed by atoms with van der Waals surface area (Å²) >= 11 is 5.83. The molecule has 0 radical (unpaired) electrons. The fraction of sp³-hybridized carbons (Fsp3) is 0.0909. The first kappa shape index (κ1) is 11.7. The van der Waals surface area contributed by atoms with E-state index in [1.807, 2.05) is 0 Å². The Labute approximate surface area is 101 Å². The molecular formula is C11H8ClF2N3. The quantitative estimate of drug-likeness (QED) is 0.797. The highest BCUT2D eigenvalue weighted by Gasteiger charge is 2.12. The van der Waals surface area contributed by atoms with Gasteiger partial charge in [0, 0.05) is 11.3 Å². The van der Waals surface area contributed by atoms with E-state index in [1.54, 1.807) is 13.0 Å². The monoisotopic (exact) mass is 255 g/mol. The molecule has 17 heavy (non-hydrogen) atoms. The summed E-state index contributed by atoms with van der Waals surface area (Å²) in [7, 11) is 0. The van der Waals surface area contributed by atoms with Crippen molar-refractivity contribution in [3.05, 3.63) is 40.6 Å². The Hall–Kier alpha value is -1.75. The second kappa shape index (κ2) is 4.25. The predicted octanol–water partition coefficient (Wildman–Crippen LogP) is 2.97. The SMILES string of the molecule is Cc1cc(-c2cc(F)c(F)cc2Cl)nc(N)n1. The molecule has 0 atom stereocenters. The Morgan fingerprint density at radius 2 is 1.76 bits per heavy atom. The Kier molecular flexibility index (Phi) is 2.93. The zero-order valence-corrected chi connectivity index (χ0v) is 9.59. The van der Waals surface area contributed by atoms with E-state index >= 15 is 0 Å². The summed E-state index contributed by atoms with van der Waals surface area (Å²) in [5.74, 6) is -1.93. The second-order valence-electron chi connectivity index (χ2n) is 3.50. The van der Waals surface area contributed by atoms with E-state index in [0.717, 1.165) is 12.1 Å². The maximum atomic E-state index is 13.1. The minimum absolute atomic E-state index is 0.0563.